The number of rotatable bonds is 5. The average molecular weight is 303 g/mol. The van der Waals surface area contributed by atoms with Gasteiger partial charge in [0.15, 0.2) is 0 Å². The van der Waals surface area contributed by atoms with Crippen molar-refractivity contribution in [1.29, 1.82) is 0 Å². The molecule has 6 nitrogen and oxygen atoms in total. The van der Waals surface area contributed by atoms with E-state index in [1.165, 1.54) is 12.8 Å². The summed E-state index contributed by atoms with van der Waals surface area (Å²) >= 11 is 1.75. The molecular weight excluding hydrogens is 286 g/mol. The number of hydrogen-bond acceptors (Lipinski definition) is 5. The van der Waals surface area contributed by atoms with Gasteiger partial charge < -0.3 is 9.64 Å². The van der Waals surface area contributed by atoms with Crippen molar-refractivity contribution < 1.29 is 4.74 Å². The zero-order valence-corrected chi connectivity index (χ0v) is 12.6. The third-order valence-corrected chi connectivity index (χ3v) is 4.85. The number of aromatic amines is 1. The minimum absolute atomic E-state index is 0.177. The lowest BCUT2D eigenvalue weighted by Crippen LogP contribution is -2.16. The quantitative estimate of drug-likeness (QED) is 0.920. The first-order valence-electron chi connectivity index (χ1n) is 7.06. The van der Waals surface area contributed by atoms with Gasteiger partial charge in [0.1, 0.15) is 11.1 Å². The lowest BCUT2D eigenvalue weighted by atomic mass is 10.3. The zero-order chi connectivity index (χ0) is 14.2. The van der Waals surface area contributed by atoms with E-state index in [-0.39, 0.29) is 5.37 Å². The highest BCUT2D eigenvalue weighted by Crippen LogP contribution is 2.44. The van der Waals surface area contributed by atoms with Gasteiger partial charge in [0.05, 0.1) is 19.5 Å². The first-order valence-corrected chi connectivity index (χ1v) is 8.00. The van der Waals surface area contributed by atoms with Gasteiger partial charge in [0.25, 0.3) is 5.88 Å². The number of thioether (sulfide) groups is 1. The first-order chi connectivity index (χ1) is 10.3. The Morgan fingerprint density at radius 3 is 3.10 bits per heavy atom. The maximum atomic E-state index is 5.47. The molecule has 0 spiro atoms. The van der Waals surface area contributed by atoms with Crippen molar-refractivity contribution in [3.8, 4) is 5.88 Å². The van der Waals surface area contributed by atoms with E-state index in [2.05, 4.69) is 38.0 Å². The summed E-state index contributed by atoms with van der Waals surface area (Å²) < 4.78 is 7.47. The van der Waals surface area contributed by atoms with E-state index >= 15 is 0 Å². The molecule has 2 aliphatic rings. The Labute approximate surface area is 127 Å². The Hall–Kier alpha value is -1.89. The fourth-order valence-electron chi connectivity index (χ4n) is 2.53. The van der Waals surface area contributed by atoms with E-state index in [9.17, 15) is 0 Å². The second-order valence-corrected chi connectivity index (χ2v) is 6.39. The van der Waals surface area contributed by atoms with Crippen molar-refractivity contribution in [2.75, 3.05) is 12.0 Å². The van der Waals surface area contributed by atoms with E-state index < -0.39 is 0 Å². The van der Waals surface area contributed by atoms with Crippen molar-refractivity contribution in [3.63, 3.8) is 0 Å². The molecule has 4 rings (SSSR count). The molecule has 0 bridgehead atoms. The molecule has 1 unspecified atom stereocenters. The highest BCUT2D eigenvalue weighted by atomic mass is 32.2. The normalized spacial score (nSPS) is 21.2. The highest BCUT2D eigenvalue weighted by molar-refractivity contribution is 8.02. The summed E-state index contributed by atoms with van der Waals surface area (Å²) in [6, 6.07) is 0. The van der Waals surface area contributed by atoms with Crippen LogP contribution < -0.4 is 9.64 Å². The molecule has 1 fully saturated rings. The van der Waals surface area contributed by atoms with Gasteiger partial charge in [-0.2, -0.15) is 5.10 Å². The topological polar surface area (TPSA) is 59.0 Å². The van der Waals surface area contributed by atoms with E-state index in [0.29, 0.717) is 5.88 Å². The van der Waals surface area contributed by atoms with Crippen LogP contribution in [0.5, 0.6) is 5.88 Å². The van der Waals surface area contributed by atoms with E-state index in [4.69, 9.17) is 4.74 Å². The summed E-state index contributed by atoms with van der Waals surface area (Å²) in [4.78, 5) is 2.19. The van der Waals surface area contributed by atoms with Gasteiger partial charge in [-0.3, -0.25) is 9.78 Å². The van der Waals surface area contributed by atoms with Crippen molar-refractivity contribution in [2.45, 2.75) is 24.8 Å². The molecular formula is C14H17N5OS. The lowest BCUT2D eigenvalue weighted by Gasteiger charge is -2.22. The molecule has 0 saturated heterocycles. The molecule has 2 aromatic rings. The Morgan fingerprint density at radius 1 is 1.48 bits per heavy atom. The fourth-order valence-corrected chi connectivity index (χ4v) is 3.49. The van der Waals surface area contributed by atoms with Crippen LogP contribution in [0.2, 0.25) is 0 Å². The van der Waals surface area contributed by atoms with Crippen LogP contribution in [-0.4, -0.2) is 27.1 Å². The number of H-pyrrole nitrogens is 1. The largest absolute Gasteiger partial charge is 0.478 e. The van der Waals surface area contributed by atoms with Crippen molar-refractivity contribution in [3.05, 3.63) is 35.8 Å². The first kappa shape index (κ1) is 12.8. The number of ether oxygens (including phenoxy) is 1. The van der Waals surface area contributed by atoms with Crippen molar-refractivity contribution in [1.82, 2.24) is 20.0 Å². The molecule has 0 amide bonds. The molecule has 1 aliphatic carbocycles. The Bertz CT molecular complexity index is 646. The highest BCUT2D eigenvalue weighted by Gasteiger charge is 2.29. The maximum absolute atomic E-state index is 5.47. The molecule has 1 atom stereocenters. The molecule has 0 radical (unpaired) electrons. The molecule has 1 N–H and O–H groups in total. The van der Waals surface area contributed by atoms with Gasteiger partial charge in [0, 0.05) is 24.5 Å². The third-order valence-electron chi connectivity index (χ3n) is 3.81. The summed E-state index contributed by atoms with van der Waals surface area (Å²) in [5.41, 5.74) is 2.15. The minimum atomic E-state index is 0.177. The predicted molar refractivity (Wildman–Crippen MR) is 82.0 cm³/mol. The smallest absolute Gasteiger partial charge is 0.256 e. The molecule has 110 valence electrons. The number of nitrogens with zero attached hydrogens (tertiary/aromatic N) is 4. The SMILES string of the molecule is COc1nn(CC2CC2)cc1N1C=CSC1c1cn[nH]c1. The van der Waals surface area contributed by atoms with Gasteiger partial charge >= 0.3 is 0 Å². The summed E-state index contributed by atoms with van der Waals surface area (Å²) in [6.45, 7) is 0.984. The van der Waals surface area contributed by atoms with Crippen LogP contribution in [-0.2, 0) is 6.54 Å². The molecule has 7 heteroatoms. The molecule has 0 aromatic carbocycles. The number of nitrogens with one attached hydrogen (secondary N) is 1. The van der Waals surface area contributed by atoms with E-state index in [1.807, 2.05) is 17.1 Å². The van der Waals surface area contributed by atoms with Gasteiger partial charge in [-0.25, -0.2) is 0 Å². The number of hydrogen-bond donors (Lipinski definition) is 1. The molecule has 1 aliphatic heterocycles. The summed E-state index contributed by atoms with van der Waals surface area (Å²) in [7, 11) is 1.67. The number of aromatic nitrogens is 4. The van der Waals surface area contributed by atoms with Gasteiger partial charge in [0.2, 0.25) is 0 Å². The second-order valence-electron chi connectivity index (χ2n) is 5.40. The third kappa shape index (κ3) is 2.42. The Morgan fingerprint density at radius 2 is 2.38 bits per heavy atom. The van der Waals surface area contributed by atoms with Crippen molar-refractivity contribution in [2.24, 2.45) is 5.92 Å². The number of methoxy groups -OCH3 is 1. The Balaban J connectivity index is 1.64. The second kappa shape index (κ2) is 5.14. The van der Waals surface area contributed by atoms with Gasteiger partial charge in [-0.05, 0) is 24.2 Å². The minimum Gasteiger partial charge on any atom is -0.478 e. The fraction of sp³-hybridized carbons (Fsp3) is 0.429. The Kier molecular flexibility index (Phi) is 3.14. The standard InChI is InChI=1S/C14H17N5OS/c1-20-13-12(9-18(17-13)8-10-2-3-10)19-4-5-21-14(19)11-6-15-16-7-11/h4-7,9-10,14H,2-3,8H2,1H3,(H,15,16). The van der Waals surface area contributed by atoms with Crippen LogP contribution in [0.3, 0.4) is 0 Å². The van der Waals surface area contributed by atoms with Gasteiger partial charge in [-0.1, -0.05) is 0 Å². The summed E-state index contributed by atoms with van der Waals surface area (Å²) in [6.07, 6.45) is 10.6. The van der Waals surface area contributed by atoms with Crippen LogP contribution in [0.25, 0.3) is 0 Å². The molecule has 3 heterocycles. The van der Waals surface area contributed by atoms with Crippen LogP contribution in [0, 0.1) is 5.92 Å². The monoisotopic (exact) mass is 303 g/mol. The average Bonchev–Trinajstić information content (AvgIpc) is 2.94. The van der Waals surface area contributed by atoms with E-state index in [0.717, 1.165) is 23.7 Å². The summed E-state index contributed by atoms with van der Waals surface area (Å²) in [5.74, 6) is 1.46. The van der Waals surface area contributed by atoms with Crippen LogP contribution in [0.15, 0.2) is 30.2 Å². The maximum Gasteiger partial charge on any atom is 0.256 e. The predicted octanol–water partition coefficient (Wildman–Crippen LogP) is 2.75. The van der Waals surface area contributed by atoms with Crippen LogP contribution in [0.1, 0.15) is 23.8 Å². The van der Waals surface area contributed by atoms with Crippen LogP contribution in [0.4, 0.5) is 5.69 Å². The number of anilines is 1. The van der Waals surface area contributed by atoms with Gasteiger partial charge in [-0.15, -0.1) is 16.9 Å². The zero-order valence-electron chi connectivity index (χ0n) is 11.8. The lowest BCUT2D eigenvalue weighted by molar-refractivity contribution is 0.386. The van der Waals surface area contributed by atoms with Crippen molar-refractivity contribution >= 4 is 17.4 Å². The van der Waals surface area contributed by atoms with E-state index in [1.54, 1.807) is 18.9 Å². The molecule has 2 aromatic heterocycles. The van der Waals surface area contributed by atoms with Crippen LogP contribution >= 0.6 is 11.8 Å². The molecule has 1 saturated carbocycles. The summed E-state index contributed by atoms with van der Waals surface area (Å²) in [5, 5.41) is 13.7. The molecule has 21 heavy (non-hydrogen) atoms.